The molecule has 0 atom stereocenters. The zero-order chi connectivity index (χ0) is 16.3. The largest absolute Gasteiger partial charge is 0.466 e. The molecule has 0 bridgehead atoms. The van der Waals surface area contributed by atoms with Gasteiger partial charge in [-0.15, -0.1) is 0 Å². The van der Waals surface area contributed by atoms with Crippen molar-refractivity contribution < 1.29 is 9.53 Å². The Kier molecular flexibility index (Phi) is 16.7. The molecular weight excluding hydrogens is 272 g/mol. The summed E-state index contributed by atoms with van der Waals surface area (Å²) in [4.78, 5) is 11.1. The molecule has 0 aromatic carbocycles. The maximum atomic E-state index is 11.1. The highest BCUT2D eigenvalue weighted by atomic mass is 16.5. The predicted molar refractivity (Wildman–Crippen MR) is 95.9 cm³/mol. The highest BCUT2D eigenvalue weighted by molar-refractivity contribution is 5.69. The van der Waals surface area contributed by atoms with Crippen LogP contribution in [0.5, 0.6) is 0 Å². The van der Waals surface area contributed by atoms with Crippen LogP contribution in [0.25, 0.3) is 0 Å². The van der Waals surface area contributed by atoms with Crippen molar-refractivity contribution in [1.29, 1.82) is 0 Å². The molecule has 0 aromatic heterocycles. The maximum absolute atomic E-state index is 11.1. The van der Waals surface area contributed by atoms with Crippen molar-refractivity contribution in [1.82, 2.24) is 0 Å². The molecule has 0 aliphatic rings. The van der Waals surface area contributed by atoms with Gasteiger partial charge in [0.2, 0.25) is 0 Å². The van der Waals surface area contributed by atoms with Crippen molar-refractivity contribution in [3.63, 3.8) is 0 Å². The Hall–Kier alpha value is -1.31. The molecule has 0 saturated carbocycles. The van der Waals surface area contributed by atoms with E-state index in [0.29, 0.717) is 13.0 Å². The third-order valence-corrected chi connectivity index (χ3v) is 3.39. The first-order valence-corrected chi connectivity index (χ1v) is 8.95. The molecule has 0 aromatic rings. The minimum absolute atomic E-state index is 0.0547. The topological polar surface area (TPSA) is 26.3 Å². The summed E-state index contributed by atoms with van der Waals surface area (Å²) in [6.45, 7) is 4.56. The average molecular weight is 306 g/mol. The van der Waals surface area contributed by atoms with Gasteiger partial charge in [-0.2, -0.15) is 0 Å². The number of carbonyl (C=O) groups is 1. The fourth-order valence-corrected chi connectivity index (χ4v) is 2.09. The molecule has 0 heterocycles. The van der Waals surface area contributed by atoms with E-state index in [1.807, 2.05) is 6.92 Å². The van der Waals surface area contributed by atoms with Gasteiger partial charge >= 0.3 is 5.97 Å². The fraction of sp³-hybridized carbons (Fsp3) is 0.650. The lowest BCUT2D eigenvalue weighted by Gasteiger charge is -2.01. The second kappa shape index (κ2) is 17.7. The summed E-state index contributed by atoms with van der Waals surface area (Å²) in [7, 11) is 0. The van der Waals surface area contributed by atoms with Crippen molar-refractivity contribution in [2.75, 3.05) is 6.61 Å². The highest BCUT2D eigenvalue weighted by Crippen LogP contribution is 2.08. The molecule has 0 amide bonds. The third kappa shape index (κ3) is 16.7. The summed E-state index contributed by atoms with van der Waals surface area (Å²) in [5.41, 5.74) is 0. The molecule has 126 valence electrons. The van der Waals surface area contributed by atoms with Crippen molar-refractivity contribution in [3.8, 4) is 0 Å². The minimum Gasteiger partial charge on any atom is -0.466 e. The van der Waals surface area contributed by atoms with E-state index in [4.69, 9.17) is 4.74 Å². The Morgan fingerprint density at radius 1 is 0.773 bits per heavy atom. The van der Waals surface area contributed by atoms with Crippen LogP contribution in [0, 0.1) is 0 Å². The van der Waals surface area contributed by atoms with E-state index in [-0.39, 0.29) is 5.97 Å². The molecule has 2 heteroatoms. The molecule has 0 unspecified atom stereocenters. The Morgan fingerprint density at radius 3 is 2.00 bits per heavy atom. The molecule has 0 rings (SSSR count). The van der Waals surface area contributed by atoms with Crippen molar-refractivity contribution >= 4 is 5.97 Å². The summed E-state index contributed by atoms with van der Waals surface area (Å²) in [6, 6.07) is 0. The number of hydrogen-bond donors (Lipinski definition) is 0. The van der Waals surface area contributed by atoms with Crippen LogP contribution in [0.4, 0.5) is 0 Å². The number of hydrogen-bond acceptors (Lipinski definition) is 2. The number of unbranched alkanes of at least 4 members (excludes halogenated alkanes) is 7. The van der Waals surface area contributed by atoms with E-state index in [0.717, 1.165) is 19.3 Å². The van der Waals surface area contributed by atoms with Crippen LogP contribution >= 0.6 is 0 Å². The molecular formula is C20H34O2. The quantitative estimate of drug-likeness (QED) is 0.219. The number of rotatable bonds is 14. The summed E-state index contributed by atoms with van der Waals surface area (Å²) in [6.07, 6.45) is 24.1. The van der Waals surface area contributed by atoms with Crippen LogP contribution < -0.4 is 0 Å². The van der Waals surface area contributed by atoms with Gasteiger partial charge in [-0.3, -0.25) is 4.79 Å². The summed E-state index contributed by atoms with van der Waals surface area (Å²) in [5, 5.41) is 0. The van der Waals surface area contributed by atoms with E-state index < -0.39 is 0 Å². The van der Waals surface area contributed by atoms with Crippen LogP contribution in [-0.2, 0) is 9.53 Å². The van der Waals surface area contributed by atoms with Crippen LogP contribution in [0.1, 0.15) is 78.1 Å². The van der Waals surface area contributed by atoms with E-state index in [1.165, 1.54) is 38.5 Å². The van der Waals surface area contributed by atoms with Crippen molar-refractivity contribution in [2.24, 2.45) is 0 Å². The van der Waals surface area contributed by atoms with Crippen LogP contribution in [0.15, 0.2) is 36.5 Å². The predicted octanol–water partition coefficient (Wildman–Crippen LogP) is 6.14. The van der Waals surface area contributed by atoms with Gasteiger partial charge in [-0.05, 0) is 32.6 Å². The van der Waals surface area contributed by atoms with Gasteiger partial charge < -0.3 is 4.74 Å². The SMILES string of the molecule is CCCC/C=C/C=C/C=CCCCCCCCC(=O)OCC. The lowest BCUT2D eigenvalue weighted by Crippen LogP contribution is -2.03. The van der Waals surface area contributed by atoms with Crippen molar-refractivity contribution in [3.05, 3.63) is 36.5 Å². The Morgan fingerprint density at radius 2 is 1.36 bits per heavy atom. The molecule has 0 aliphatic heterocycles. The first-order chi connectivity index (χ1) is 10.8. The van der Waals surface area contributed by atoms with E-state index in [2.05, 4.69) is 43.4 Å². The first-order valence-electron chi connectivity index (χ1n) is 8.95. The normalized spacial score (nSPS) is 11.9. The van der Waals surface area contributed by atoms with Crippen molar-refractivity contribution in [2.45, 2.75) is 78.1 Å². The van der Waals surface area contributed by atoms with Crippen LogP contribution in [0.3, 0.4) is 0 Å². The minimum atomic E-state index is -0.0547. The molecule has 22 heavy (non-hydrogen) atoms. The average Bonchev–Trinajstić information content (AvgIpc) is 2.51. The summed E-state index contributed by atoms with van der Waals surface area (Å²) < 4.78 is 4.90. The Balaban J connectivity index is 3.31. The zero-order valence-electron chi connectivity index (χ0n) is 14.6. The number of esters is 1. The number of allylic oxidation sites excluding steroid dienone is 6. The summed E-state index contributed by atoms with van der Waals surface area (Å²) in [5.74, 6) is -0.0547. The smallest absolute Gasteiger partial charge is 0.305 e. The van der Waals surface area contributed by atoms with Crippen LogP contribution in [-0.4, -0.2) is 12.6 Å². The molecule has 0 fully saturated rings. The van der Waals surface area contributed by atoms with E-state index >= 15 is 0 Å². The lowest BCUT2D eigenvalue weighted by molar-refractivity contribution is -0.143. The van der Waals surface area contributed by atoms with Gasteiger partial charge in [0.05, 0.1) is 6.61 Å². The van der Waals surface area contributed by atoms with E-state index in [1.54, 1.807) is 0 Å². The number of carbonyl (C=O) groups excluding carboxylic acids is 1. The van der Waals surface area contributed by atoms with Gasteiger partial charge in [-0.1, -0.05) is 75.5 Å². The monoisotopic (exact) mass is 306 g/mol. The molecule has 0 N–H and O–H groups in total. The van der Waals surface area contributed by atoms with E-state index in [9.17, 15) is 4.79 Å². The molecule has 0 radical (unpaired) electrons. The van der Waals surface area contributed by atoms with Gasteiger partial charge in [0.15, 0.2) is 0 Å². The zero-order valence-corrected chi connectivity index (χ0v) is 14.6. The van der Waals surface area contributed by atoms with Gasteiger partial charge in [0.1, 0.15) is 0 Å². The second-order valence-electron chi connectivity index (χ2n) is 5.49. The fourth-order valence-electron chi connectivity index (χ4n) is 2.09. The Bertz CT molecular complexity index is 327. The standard InChI is InChI=1S/C20H34O2/c1-3-5-6-7-8-9-10-11-12-13-14-15-16-17-18-19-20(21)22-4-2/h7-12H,3-6,13-19H2,1-2H3/b8-7+,10-9+,12-11?. The molecule has 0 saturated heterocycles. The summed E-state index contributed by atoms with van der Waals surface area (Å²) >= 11 is 0. The molecule has 2 nitrogen and oxygen atoms in total. The highest BCUT2D eigenvalue weighted by Gasteiger charge is 2.00. The van der Waals surface area contributed by atoms with Gasteiger partial charge in [0.25, 0.3) is 0 Å². The van der Waals surface area contributed by atoms with Crippen LogP contribution in [0.2, 0.25) is 0 Å². The van der Waals surface area contributed by atoms with Gasteiger partial charge in [0, 0.05) is 6.42 Å². The third-order valence-electron chi connectivity index (χ3n) is 3.39. The maximum Gasteiger partial charge on any atom is 0.305 e. The molecule has 0 spiro atoms. The van der Waals surface area contributed by atoms with Gasteiger partial charge in [-0.25, -0.2) is 0 Å². The molecule has 0 aliphatic carbocycles. The second-order valence-corrected chi connectivity index (χ2v) is 5.49. The lowest BCUT2D eigenvalue weighted by atomic mass is 10.1. The Labute approximate surface area is 137 Å². The first kappa shape index (κ1) is 20.7. The number of ether oxygens (including phenoxy) is 1.